The van der Waals surface area contributed by atoms with Crippen LogP contribution >= 0.6 is 0 Å². The highest BCUT2D eigenvalue weighted by molar-refractivity contribution is 6.10. The molecule has 140 valence electrons. The standard InChI is InChI=1S/C20H18O7/c1-12(21)26-15-7-4-14(5-8-15)6-9-17(23)20-18(24)10-16(27-13(2)22)11-19(20)25-3/h4-11,24H,1-3H3. The van der Waals surface area contributed by atoms with E-state index in [1.165, 1.54) is 39.2 Å². The quantitative estimate of drug-likeness (QED) is 0.361. The van der Waals surface area contributed by atoms with E-state index in [1.807, 2.05) is 0 Å². The number of rotatable bonds is 6. The molecule has 0 amide bonds. The molecule has 2 aromatic rings. The van der Waals surface area contributed by atoms with Crippen LogP contribution in [0.2, 0.25) is 0 Å². The van der Waals surface area contributed by atoms with E-state index in [9.17, 15) is 19.5 Å². The van der Waals surface area contributed by atoms with Gasteiger partial charge in [0.2, 0.25) is 0 Å². The summed E-state index contributed by atoms with van der Waals surface area (Å²) in [6.45, 7) is 2.52. The van der Waals surface area contributed by atoms with Crippen molar-refractivity contribution in [3.8, 4) is 23.0 Å². The van der Waals surface area contributed by atoms with Crippen LogP contribution in [-0.4, -0.2) is 29.9 Å². The largest absolute Gasteiger partial charge is 0.507 e. The molecular formula is C20H18O7. The summed E-state index contributed by atoms with van der Waals surface area (Å²) in [5.74, 6) is -1.31. The molecule has 0 radical (unpaired) electrons. The Morgan fingerprint density at radius 2 is 1.52 bits per heavy atom. The Balaban J connectivity index is 2.23. The smallest absolute Gasteiger partial charge is 0.308 e. The lowest BCUT2D eigenvalue weighted by Gasteiger charge is -2.10. The highest BCUT2D eigenvalue weighted by Crippen LogP contribution is 2.34. The van der Waals surface area contributed by atoms with Gasteiger partial charge in [0.05, 0.1) is 7.11 Å². The second-order valence-corrected chi connectivity index (χ2v) is 5.47. The van der Waals surface area contributed by atoms with Gasteiger partial charge >= 0.3 is 11.9 Å². The number of esters is 2. The lowest BCUT2D eigenvalue weighted by Crippen LogP contribution is -2.04. The molecule has 0 saturated carbocycles. The SMILES string of the molecule is COc1cc(OC(C)=O)cc(O)c1C(=O)C=Cc1ccc(OC(C)=O)cc1. The van der Waals surface area contributed by atoms with E-state index in [2.05, 4.69) is 0 Å². The van der Waals surface area contributed by atoms with Gasteiger partial charge in [-0.15, -0.1) is 0 Å². The first-order valence-corrected chi connectivity index (χ1v) is 7.90. The van der Waals surface area contributed by atoms with Crippen molar-refractivity contribution in [3.63, 3.8) is 0 Å². The third-order valence-electron chi connectivity index (χ3n) is 3.35. The van der Waals surface area contributed by atoms with E-state index in [4.69, 9.17) is 14.2 Å². The van der Waals surface area contributed by atoms with Gasteiger partial charge in [0.1, 0.15) is 28.6 Å². The molecule has 0 aromatic heterocycles. The first-order valence-electron chi connectivity index (χ1n) is 7.90. The Kier molecular flexibility index (Phi) is 6.32. The van der Waals surface area contributed by atoms with Crippen molar-refractivity contribution in [1.29, 1.82) is 0 Å². The van der Waals surface area contributed by atoms with E-state index in [1.54, 1.807) is 30.3 Å². The molecular weight excluding hydrogens is 352 g/mol. The highest BCUT2D eigenvalue weighted by Gasteiger charge is 2.18. The van der Waals surface area contributed by atoms with Gasteiger partial charge in [0.15, 0.2) is 5.78 Å². The zero-order valence-corrected chi connectivity index (χ0v) is 15.0. The Bertz CT molecular complexity index is 895. The van der Waals surface area contributed by atoms with Crippen molar-refractivity contribution in [2.75, 3.05) is 7.11 Å². The summed E-state index contributed by atoms with van der Waals surface area (Å²) in [7, 11) is 1.33. The van der Waals surface area contributed by atoms with Crippen LogP contribution in [0.4, 0.5) is 0 Å². The van der Waals surface area contributed by atoms with Gasteiger partial charge in [-0.05, 0) is 23.8 Å². The van der Waals surface area contributed by atoms with E-state index >= 15 is 0 Å². The summed E-state index contributed by atoms with van der Waals surface area (Å²) in [5, 5.41) is 10.1. The molecule has 0 spiro atoms. The zero-order valence-electron chi connectivity index (χ0n) is 15.0. The van der Waals surface area contributed by atoms with Crippen LogP contribution in [-0.2, 0) is 9.59 Å². The molecule has 27 heavy (non-hydrogen) atoms. The summed E-state index contributed by atoms with van der Waals surface area (Å²) in [6.07, 6.45) is 2.81. The minimum Gasteiger partial charge on any atom is -0.507 e. The van der Waals surface area contributed by atoms with Crippen LogP contribution < -0.4 is 14.2 Å². The molecule has 0 aliphatic heterocycles. The second-order valence-electron chi connectivity index (χ2n) is 5.47. The van der Waals surface area contributed by atoms with E-state index < -0.39 is 17.7 Å². The van der Waals surface area contributed by atoms with Crippen molar-refractivity contribution in [3.05, 3.63) is 53.6 Å². The van der Waals surface area contributed by atoms with Crippen LogP contribution in [0.1, 0.15) is 29.8 Å². The fraction of sp³-hybridized carbons (Fsp3) is 0.150. The number of carbonyl (C=O) groups is 3. The molecule has 0 heterocycles. The molecule has 0 aliphatic rings. The summed E-state index contributed by atoms with van der Waals surface area (Å²) >= 11 is 0. The number of allylic oxidation sites excluding steroid dienone is 1. The Hall–Kier alpha value is -3.61. The number of carbonyl (C=O) groups excluding carboxylic acids is 3. The molecule has 0 atom stereocenters. The second kappa shape index (κ2) is 8.66. The number of benzene rings is 2. The number of hydrogen-bond donors (Lipinski definition) is 1. The number of ether oxygens (including phenoxy) is 3. The number of phenolic OH excluding ortho intramolecular Hbond substituents is 1. The van der Waals surface area contributed by atoms with Gasteiger partial charge in [0, 0.05) is 26.0 Å². The monoisotopic (exact) mass is 370 g/mol. The topological polar surface area (TPSA) is 99.1 Å². The van der Waals surface area contributed by atoms with E-state index in [0.29, 0.717) is 11.3 Å². The molecule has 0 bridgehead atoms. The summed E-state index contributed by atoms with van der Waals surface area (Å²) in [5.41, 5.74) is 0.635. The minimum absolute atomic E-state index is 0.0545. The van der Waals surface area contributed by atoms with E-state index in [0.717, 1.165) is 0 Å². The first kappa shape index (κ1) is 19.7. The molecule has 0 aliphatic carbocycles. The average Bonchev–Trinajstić information content (AvgIpc) is 2.59. The van der Waals surface area contributed by atoms with Crippen LogP contribution in [0.3, 0.4) is 0 Å². The fourth-order valence-electron chi connectivity index (χ4n) is 2.28. The Labute approximate surface area is 155 Å². The van der Waals surface area contributed by atoms with Crippen molar-refractivity contribution in [1.82, 2.24) is 0 Å². The maximum Gasteiger partial charge on any atom is 0.308 e. The molecule has 0 fully saturated rings. The van der Waals surface area contributed by atoms with Crippen LogP contribution in [0.15, 0.2) is 42.5 Å². The minimum atomic E-state index is -0.562. The normalized spacial score (nSPS) is 10.5. The lowest BCUT2D eigenvalue weighted by molar-refractivity contribution is -0.132. The number of phenols is 1. The molecule has 7 heteroatoms. The predicted molar refractivity (Wildman–Crippen MR) is 97.1 cm³/mol. The van der Waals surface area contributed by atoms with Gasteiger partial charge in [0.25, 0.3) is 0 Å². The molecule has 0 saturated heterocycles. The molecule has 2 aromatic carbocycles. The molecule has 1 N–H and O–H groups in total. The van der Waals surface area contributed by atoms with Gasteiger partial charge < -0.3 is 19.3 Å². The molecule has 0 unspecified atom stereocenters. The zero-order chi connectivity index (χ0) is 20.0. The van der Waals surface area contributed by atoms with Gasteiger partial charge in [-0.2, -0.15) is 0 Å². The van der Waals surface area contributed by atoms with Gasteiger partial charge in [-0.25, -0.2) is 0 Å². The third-order valence-corrected chi connectivity index (χ3v) is 3.35. The summed E-state index contributed by atoms with van der Waals surface area (Å²) in [4.78, 5) is 34.4. The van der Waals surface area contributed by atoms with Crippen LogP contribution in [0.25, 0.3) is 6.08 Å². The van der Waals surface area contributed by atoms with Crippen LogP contribution in [0.5, 0.6) is 23.0 Å². The predicted octanol–water partition coefficient (Wildman–Crippen LogP) is 3.15. The maximum absolute atomic E-state index is 12.5. The van der Waals surface area contributed by atoms with Crippen molar-refractivity contribution in [2.45, 2.75) is 13.8 Å². The maximum atomic E-state index is 12.5. The fourth-order valence-corrected chi connectivity index (χ4v) is 2.28. The van der Waals surface area contributed by atoms with E-state index in [-0.39, 0.29) is 22.8 Å². The molecule has 7 nitrogen and oxygen atoms in total. The van der Waals surface area contributed by atoms with Crippen molar-refractivity contribution in [2.24, 2.45) is 0 Å². The van der Waals surface area contributed by atoms with Gasteiger partial charge in [-0.3, -0.25) is 14.4 Å². The highest BCUT2D eigenvalue weighted by atomic mass is 16.5. The number of ketones is 1. The Morgan fingerprint density at radius 3 is 2.07 bits per heavy atom. The lowest BCUT2D eigenvalue weighted by atomic mass is 10.1. The van der Waals surface area contributed by atoms with Crippen molar-refractivity contribution < 1.29 is 33.7 Å². The Morgan fingerprint density at radius 1 is 0.926 bits per heavy atom. The van der Waals surface area contributed by atoms with Crippen molar-refractivity contribution >= 4 is 23.8 Å². The molecule has 2 rings (SSSR count). The average molecular weight is 370 g/mol. The van der Waals surface area contributed by atoms with Crippen LogP contribution in [0, 0.1) is 0 Å². The van der Waals surface area contributed by atoms with Gasteiger partial charge in [-0.1, -0.05) is 18.2 Å². The first-order chi connectivity index (χ1) is 12.8. The number of aromatic hydroxyl groups is 1. The number of hydrogen-bond acceptors (Lipinski definition) is 7. The third kappa shape index (κ3) is 5.43. The summed E-state index contributed by atoms with van der Waals surface area (Å²) in [6, 6.07) is 9.04. The number of methoxy groups -OCH3 is 1. The summed E-state index contributed by atoms with van der Waals surface area (Å²) < 4.78 is 14.9.